The third-order valence-electron chi connectivity index (χ3n) is 2.80. The van der Waals surface area contributed by atoms with Crippen LogP contribution in [0.1, 0.15) is 20.2 Å². The first-order chi connectivity index (χ1) is 11.0. The van der Waals surface area contributed by atoms with Gasteiger partial charge in [-0.05, 0) is 23.8 Å². The first-order valence-electron chi connectivity index (χ1n) is 6.52. The molecule has 0 aliphatic heterocycles. The summed E-state index contributed by atoms with van der Waals surface area (Å²) in [5.41, 5.74) is 0.637. The van der Waals surface area contributed by atoms with Crippen molar-refractivity contribution in [1.82, 2.24) is 10.3 Å². The van der Waals surface area contributed by atoms with Gasteiger partial charge in [0.1, 0.15) is 9.88 Å². The number of alkyl halides is 2. The largest absolute Gasteiger partial charge is 0.493 e. The van der Waals surface area contributed by atoms with Gasteiger partial charge in [-0.15, -0.1) is 11.3 Å². The van der Waals surface area contributed by atoms with E-state index in [4.69, 9.17) is 4.74 Å². The lowest BCUT2D eigenvalue weighted by atomic mass is 10.2. The van der Waals surface area contributed by atoms with Crippen LogP contribution < -0.4 is 14.8 Å². The number of thiazole rings is 1. The second-order valence-electron chi connectivity index (χ2n) is 4.26. The fourth-order valence-electron chi connectivity index (χ4n) is 1.75. The molecule has 1 aromatic heterocycles. The second kappa shape index (κ2) is 7.68. The van der Waals surface area contributed by atoms with E-state index in [-0.39, 0.29) is 17.4 Å². The number of hydrogen-bond acceptors (Lipinski definition) is 5. The van der Waals surface area contributed by atoms with Gasteiger partial charge in [-0.2, -0.15) is 8.78 Å². The minimum atomic E-state index is -2.93. The van der Waals surface area contributed by atoms with Gasteiger partial charge in [0.05, 0.1) is 13.3 Å². The van der Waals surface area contributed by atoms with Crippen molar-refractivity contribution in [3.05, 3.63) is 39.8 Å². The lowest BCUT2D eigenvalue weighted by Crippen LogP contribution is -2.16. The van der Waals surface area contributed by atoms with Gasteiger partial charge in [0.2, 0.25) is 0 Å². The number of aromatic nitrogens is 1. The molecule has 0 bridgehead atoms. The summed E-state index contributed by atoms with van der Waals surface area (Å²) in [6, 6.07) is 4.67. The van der Waals surface area contributed by atoms with Crippen molar-refractivity contribution in [2.75, 3.05) is 14.2 Å². The van der Waals surface area contributed by atoms with E-state index < -0.39 is 6.61 Å². The zero-order valence-corrected chi connectivity index (χ0v) is 13.2. The van der Waals surface area contributed by atoms with Crippen LogP contribution in [-0.2, 0) is 0 Å². The standard InChI is InChI=1S/C15H14F2N2O3S/c1-18-14(20)12-8-19-13(23-12)6-4-9-3-5-10(21-2)11(7-9)22-15(16)17/h3-8,15H,1-2H3,(H,18,20)/b6-4+. The van der Waals surface area contributed by atoms with Gasteiger partial charge in [0, 0.05) is 7.05 Å². The summed E-state index contributed by atoms with van der Waals surface area (Å²) >= 11 is 1.22. The van der Waals surface area contributed by atoms with Crippen molar-refractivity contribution in [2.24, 2.45) is 0 Å². The van der Waals surface area contributed by atoms with E-state index in [0.717, 1.165) is 0 Å². The third kappa shape index (κ3) is 4.49. The van der Waals surface area contributed by atoms with Gasteiger partial charge in [-0.1, -0.05) is 12.1 Å². The summed E-state index contributed by atoms with van der Waals surface area (Å²) in [6.45, 7) is -2.93. The summed E-state index contributed by atoms with van der Waals surface area (Å²) < 4.78 is 34.2. The predicted molar refractivity (Wildman–Crippen MR) is 84.1 cm³/mol. The highest BCUT2D eigenvalue weighted by Gasteiger charge is 2.11. The first kappa shape index (κ1) is 16.9. The summed E-state index contributed by atoms with van der Waals surface area (Å²) in [6.07, 6.45) is 4.85. The van der Waals surface area contributed by atoms with Crippen LogP contribution >= 0.6 is 11.3 Å². The molecule has 1 heterocycles. The maximum Gasteiger partial charge on any atom is 0.387 e. The number of nitrogens with zero attached hydrogens (tertiary/aromatic N) is 1. The number of halogens is 2. The zero-order chi connectivity index (χ0) is 16.8. The Morgan fingerprint density at radius 2 is 2.13 bits per heavy atom. The Labute approximate surface area is 135 Å². The van der Waals surface area contributed by atoms with Crippen molar-refractivity contribution in [1.29, 1.82) is 0 Å². The Bertz CT molecular complexity index is 716. The van der Waals surface area contributed by atoms with Gasteiger partial charge >= 0.3 is 6.61 Å². The lowest BCUT2D eigenvalue weighted by molar-refractivity contribution is -0.0512. The number of ether oxygens (including phenoxy) is 2. The molecule has 0 radical (unpaired) electrons. The van der Waals surface area contributed by atoms with Crippen molar-refractivity contribution in [2.45, 2.75) is 6.61 Å². The highest BCUT2D eigenvalue weighted by Crippen LogP contribution is 2.30. The number of methoxy groups -OCH3 is 1. The van der Waals surface area contributed by atoms with Crippen LogP contribution in [0, 0.1) is 0 Å². The van der Waals surface area contributed by atoms with Crippen LogP contribution in [0.2, 0.25) is 0 Å². The minimum Gasteiger partial charge on any atom is -0.493 e. The quantitative estimate of drug-likeness (QED) is 0.877. The Morgan fingerprint density at radius 1 is 1.35 bits per heavy atom. The molecule has 0 fully saturated rings. The van der Waals surface area contributed by atoms with Crippen LogP contribution in [0.5, 0.6) is 11.5 Å². The van der Waals surface area contributed by atoms with Crippen molar-refractivity contribution in [3.8, 4) is 11.5 Å². The molecule has 1 N–H and O–H groups in total. The van der Waals surface area contributed by atoms with Gasteiger partial charge in [-0.25, -0.2) is 4.98 Å². The van der Waals surface area contributed by atoms with E-state index >= 15 is 0 Å². The highest BCUT2D eigenvalue weighted by molar-refractivity contribution is 7.14. The first-order valence-corrected chi connectivity index (χ1v) is 7.34. The molecule has 0 aliphatic rings. The van der Waals surface area contributed by atoms with Crippen LogP contribution in [0.15, 0.2) is 24.4 Å². The minimum absolute atomic E-state index is 0.0464. The SMILES string of the molecule is CNC(=O)c1cnc(/C=C/c2ccc(OC)c(OC(F)F)c2)s1. The Hall–Kier alpha value is -2.48. The van der Waals surface area contributed by atoms with Crippen molar-refractivity contribution < 1.29 is 23.0 Å². The Kier molecular flexibility index (Phi) is 5.64. The Morgan fingerprint density at radius 3 is 2.78 bits per heavy atom. The normalized spacial score (nSPS) is 11.0. The van der Waals surface area contributed by atoms with Crippen LogP contribution in [0.4, 0.5) is 8.78 Å². The van der Waals surface area contributed by atoms with Crippen LogP contribution in [0.25, 0.3) is 12.2 Å². The molecule has 0 atom stereocenters. The maximum atomic E-state index is 12.4. The number of amides is 1. The molecule has 0 saturated carbocycles. The lowest BCUT2D eigenvalue weighted by Gasteiger charge is -2.10. The van der Waals surface area contributed by atoms with Gasteiger partial charge < -0.3 is 14.8 Å². The summed E-state index contributed by atoms with van der Waals surface area (Å²) in [7, 11) is 2.92. The fraction of sp³-hybridized carbons (Fsp3) is 0.200. The topological polar surface area (TPSA) is 60.5 Å². The number of carbonyl (C=O) groups is 1. The van der Waals surface area contributed by atoms with E-state index in [0.29, 0.717) is 15.4 Å². The summed E-state index contributed by atoms with van der Waals surface area (Å²) in [5.74, 6) is -0.0346. The molecular formula is C15H14F2N2O3S. The number of nitrogens with one attached hydrogen (secondary N) is 1. The fourth-order valence-corrected chi connectivity index (χ4v) is 2.51. The van der Waals surface area contributed by atoms with Gasteiger partial charge in [0.25, 0.3) is 5.91 Å². The molecular weight excluding hydrogens is 326 g/mol. The zero-order valence-electron chi connectivity index (χ0n) is 12.4. The smallest absolute Gasteiger partial charge is 0.387 e. The average molecular weight is 340 g/mol. The van der Waals surface area contributed by atoms with E-state index in [1.807, 2.05) is 0 Å². The Balaban J connectivity index is 2.18. The van der Waals surface area contributed by atoms with E-state index in [1.54, 1.807) is 25.3 Å². The molecule has 8 heteroatoms. The highest BCUT2D eigenvalue weighted by atomic mass is 32.1. The van der Waals surface area contributed by atoms with E-state index in [1.165, 1.54) is 36.8 Å². The number of hydrogen-bond donors (Lipinski definition) is 1. The molecule has 122 valence electrons. The molecule has 5 nitrogen and oxygen atoms in total. The summed E-state index contributed by atoms with van der Waals surface area (Å²) in [5, 5.41) is 3.13. The summed E-state index contributed by atoms with van der Waals surface area (Å²) in [4.78, 5) is 16.0. The van der Waals surface area contributed by atoms with Crippen molar-refractivity contribution in [3.63, 3.8) is 0 Å². The molecule has 23 heavy (non-hydrogen) atoms. The second-order valence-corrected chi connectivity index (χ2v) is 5.33. The van der Waals surface area contributed by atoms with Crippen molar-refractivity contribution >= 4 is 29.4 Å². The average Bonchev–Trinajstić information content (AvgIpc) is 3.00. The number of benzene rings is 1. The molecule has 0 spiro atoms. The number of rotatable bonds is 6. The molecule has 0 unspecified atom stereocenters. The third-order valence-corrected chi connectivity index (χ3v) is 3.76. The molecule has 0 saturated heterocycles. The predicted octanol–water partition coefficient (Wildman–Crippen LogP) is 3.28. The monoisotopic (exact) mass is 340 g/mol. The van der Waals surface area contributed by atoms with E-state index in [9.17, 15) is 13.6 Å². The molecule has 2 rings (SSSR count). The molecule has 1 amide bonds. The molecule has 2 aromatic rings. The molecule has 0 aliphatic carbocycles. The molecule has 1 aromatic carbocycles. The van der Waals surface area contributed by atoms with Gasteiger partial charge in [0.15, 0.2) is 11.5 Å². The van der Waals surface area contributed by atoms with E-state index in [2.05, 4.69) is 15.0 Å². The maximum absolute atomic E-state index is 12.4. The van der Waals surface area contributed by atoms with Crippen LogP contribution in [-0.4, -0.2) is 31.7 Å². The number of carbonyl (C=O) groups excluding carboxylic acids is 1. The van der Waals surface area contributed by atoms with Crippen LogP contribution in [0.3, 0.4) is 0 Å². The van der Waals surface area contributed by atoms with Gasteiger partial charge in [-0.3, -0.25) is 4.79 Å².